The number of amides is 2. The number of halogens is 2. The summed E-state index contributed by atoms with van der Waals surface area (Å²) in [5.41, 5.74) is 8.87. The fourth-order valence-electron chi connectivity index (χ4n) is 3.28. The normalized spacial score (nSPS) is 16.1. The van der Waals surface area contributed by atoms with Gasteiger partial charge in [-0.1, -0.05) is 41.4 Å². The van der Waals surface area contributed by atoms with Crippen molar-refractivity contribution in [2.45, 2.75) is 0 Å². The van der Waals surface area contributed by atoms with Gasteiger partial charge in [-0.05, 0) is 24.3 Å². The third kappa shape index (κ3) is 3.07. The zero-order valence-corrected chi connectivity index (χ0v) is 15.5. The van der Waals surface area contributed by atoms with E-state index >= 15 is 0 Å². The first-order chi connectivity index (χ1) is 13.0. The van der Waals surface area contributed by atoms with E-state index in [0.29, 0.717) is 27.1 Å². The largest absolute Gasteiger partial charge is 0.364 e. The van der Waals surface area contributed by atoms with Gasteiger partial charge in [-0.3, -0.25) is 14.6 Å². The summed E-state index contributed by atoms with van der Waals surface area (Å²) in [6.07, 6.45) is 0. The van der Waals surface area contributed by atoms with Gasteiger partial charge in [0, 0.05) is 21.2 Å². The molecule has 27 heavy (non-hydrogen) atoms. The van der Waals surface area contributed by atoms with E-state index in [9.17, 15) is 9.59 Å². The van der Waals surface area contributed by atoms with E-state index in [1.54, 1.807) is 29.2 Å². The summed E-state index contributed by atoms with van der Waals surface area (Å²) in [5.74, 6) is -1.04. The quantitative estimate of drug-likeness (QED) is 0.811. The Morgan fingerprint density at radius 2 is 1.93 bits per heavy atom. The molecule has 2 aromatic carbocycles. The Morgan fingerprint density at radius 3 is 2.67 bits per heavy atom. The molecule has 0 fully saturated rings. The number of rotatable bonds is 2. The number of nitrogens with two attached hydrogens (primary N) is 1. The predicted molar refractivity (Wildman–Crippen MR) is 105 cm³/mol. The molecule has 0 radical (unpaired) electrons. The first-order valence-corrected chi connectivity index (χ1v) is 8.91. The highest BCUT2D eigenvalue weighted by atomic mass is 35.5. The Balaban J connectivity index is 2.00. The first-order valence-electron chi connectivity index (χ1n) is 8.15. The SMILES string of the molecule is NC(=O)C1=C2CN=C(c3ccccc3Cl)c3cc(Cl)ccc3N2CC(=O)N1. The zero-order valence-electron chi connectivity index (χ0n) is 14.0. The number of nitrogens with one attached hydrogen (secondary N) is 1. The van der Waals surface area contributed by atoms with Crippen LogP contribution in [0.5, 0.6) is 0 Å². The fraction of sp³-hybridized carbons (Fsp3) is 0.105. The number of carbonyl (C=O) groups is 2. The number of fused-ring (bicyclic) bond motifs is 3. The molecule has 2 aliphatic rings. The average molecular weight is 401 g/mol. The van der Waals surface area contributed by atoms with Crippen LogP contribution in [-0.4, -0.2) is 30.6 Å². The van der Waals surface area contributed by atoms with Crippen LogP contribution in [0, 0.1) is 0 Å². The van der Waals surface area contributed by atoms with E-state index in [-0.39, 0.29) is 24.7 Å². The molecule has 0 saturated heterocycles. The zero-order chi connectivity index (χ0) is 19.1. The second kappa shape index (κ2) is 6.72. The summed E-state index contributed by atoms with van der Waals surface area (Å²) in [4.78, 5) is 30.5. The molecule has 4 rings (SSSR count). The second-order valence-electron chi connectivity index (χ2n) is 6.13. The molecule has 8 heteroatoms. The van der Waals surface area contributed by atoms with E-state index in [4.69, 9.17) is 33.9 Å². The number of anilines is 1. The molecule has 0 saturated carbocycles. The molecular weight excluding hydrogens is 387 g/mol. The van der Waals surface area contributed by atoms with Gasteiger partial charge in [0.15, 0.2) is 0 Å². The lowest BCUT2D eigenvalue weighted by atomic mass is 10.00. The molecule has 3 N–H and O–H groups in total. The minimum atomic E-state index is -0.713. The molecule has 2 heterocycles. The van der Waals surface area contributed by atoms with Crippen molar-refractivity contribution >= 4 is 46.4 Å². The molecule has 2 amide bonds. The van der Waals surface area contributed by atoms with Crippen molar-refractivity contribution < 1.29 is 9.59 Å². The van der Waals surface area contributed by atoms with Crippen molar-refractivity contribution in [3.63, 3.8) is 0 Å². The molecular formula is C19H14Cl2N4O2. The predicted octanol–water partition coefficient (Wildman–Crippen LogP) is 2.48. The van der Waals surface area contributed by atoms with Gasteiger partial charge in [-0.2, -0.15) is 0 Å². The first kappa shape index (κ1) is 17.6. The lowest BCUT2D eigenvalue weighted by Crippen LogP contribution is -2.47. The Morgan fingerprint density at radius 1 is 1.15 bits per heavy atom. The van der Waals surface area contributed by atoms with Crippen LogP contribution in [0.25, 0.3) is 0 Å². The third-order valence-corrected chi connectivity index (χ3v) is 5.01. The van der Waals surface area contributed by atoms with Crippen LogP contribution in [0.15, 0.2) is 58.9 Å². The highest BCUT2D eigenvalue weighted by Crippen LogP contribution is 2.35. The van der Waals surface area contributed by atoms with Crippen LogP contribution in [-0.2, 0) is 9.59 Å². The third-order valence-electron chi connectivity index (χ3n) is 4.45. The maximum absolute atomic E-state index is 12.1. The van der Waals surface area contributed by atoms with Gasteiger partial charge in [0.05, 0.1) is 23.6 Å². The van der Waals surface area contributed by atoms with Crippen LogP contribution in [0.1, 0.15) is 11.1 Å². The van der Waals surface area contributed by atoms with Gasteiger partial charge in [-0.15, -0.1) is 0 Å². The summed E-state index contributed by atoms with van der Waals surface area (Å²) in [5, 5.41) is 3.62. The number of carbonyl (C=O) groups excluding carboxylic acids is 2. The molecule has 6 nitrogen and oxygen atoms in total. The van der Waals surface area contributed by atoms with Gasteiger partial charge < -0.3 is 16.0 Å². The van der Waals surface area contributed by atoms with Gasteiger partial charge in [0.1, 0.15) is 12.2 Å². The number of primary amides is 1. The summed E-state index contributed by atoms with van der Waals surface area (Å²) in [6, 6.07) is 12.6. The maximum Gasteiger partial charge on any atom is 0.267 e. The topological polar surface area (TPSA) is 87.8 Å². The Bertz CT molecular complexity index is 1050. The highest BCUT2D eigenvalue weighted by Gasteiger charge is 2.32. The number of benzene rings is 2. The Kier molecular flexibility index (Phi) is 4.37. The fourth-order valence-corrected chi connectivity index (χ4v) is 3.68. The monoisotopic (exact) mass is 400 g/mol. The minimum Gasteiger partial charge on any atom is -0.364 e. The molecule has 0 aliphatic carbocycles. The standard InChI is InChI=1S/C19H14Cl2N4O2/c20-10-5-6-14-12(7-10)17(11-3-1-2-4-13(11)21)23-8-15-18(19(22)27)24-16(26)9-25(14)15/h1-7H,8-9H2,(H2,22,27)(H,24,26). The van der Waals surface area contributed by atoms with Gasteiger partial charge in [0.25, 0.3) is 5.91 Å². The van der Waals surface area contributed by atoms with Crippen LogP contribution < -0.4 is 16.0 Å². The van der Waals surface area contributed by atoms with Crippen LogP contribution >= 0.6 is 23.2 Å². The van der Waals surface area contributed by atoms with Crippen LogP contribution in [0.3, 0.4) is 0 Å². The smallest absolute Gasteiger partial charge is 0.267 e. The lowest BCUT2D eigenvalue weighted by Gasteiger charge is -2.32. The van der Waals surface area contributed by atoms with Crippen molar-refractivity contribution in [2.75, 3.05) is 18.0 Å². The Labute approximate surface area is 165 Å². The van der Waals surface area contributed by atoms with E-state index < -0.39 is 5.91 Å². The molecule has 0 aromatic heterocycles. The highest BCUT2D eigenvalue weighted by molar-refractivity contribution is 6.36. The number of aliphatic imine (C=N–C) groups is 1. The average Bonchev–Trinajstić information content (AvgIpc) is 2.78. The van der Waals surface area contributed by atoms with Crippen LogP contribution in [0.4, 0.5) is 5.69 Å². The van der Waals surface area contributed by atoms with Gasteiger partial charge in [-0.25, -0.2) is 0 Å². The lowest BCUT2D eigenvalue weighted by molar-refractivity contribution is -0.122. The van der Waals surface area contributed by atoms with E-state index in [2.05, 4.69) is 5.32 Å². The van der Waals surface area contributed by atoms with Crippen molar-refractivity contribution in [3.05, 3.63) is 75.0 Å². The van der Waals surface area contributed by atoms with Crippen LogP contribution in [0.2, 0.25) is 10.0 Å². The molecule has 136 valence electrons. The molecule has 0 bridgehead atoms. The van der Waals surface area contributed by atoms with Crippen molar-refractivity contribution in [1.82, 2.24) is 5.32 Å². The number of hydrogen-bond donors (Lipinski definition) is 2. The second-order valence-corrected chi connectivity index (χ2v) is 6.97. The van der Waals surface area contributed by atoms with Gasteiger partial charge >= 0.3 is 0 Å². The van der Waals surface area contributed by atoms with E-state index in [1.807, 2.05) is 18.2 Å². The van der Waals surface area contributed by atoms with E-state index in [0.717, 1.165) is 11.1 Å². The summed E-state index contributed by atoms with van der Waals surface area (Å²) in [7, 11) is 0. The van der Waals surface area contributed by atoms with Gasteiger partial charge in [0.2, 0.25) is 5.91 Å². The van der Waals surface area contributed by atoms with E-state index in [1.165, 1.54) is 0 Å². The molecule has 0 spiro atoms. The Hall–Kier alpha value is -2.83. The molecule has 0 unspecified atom stereocenters. The summed E-state index contributed by atoms with van der Waals surface area (Å²) < 4.78 is 0. The van der Waals surface area contributed by atoms with Crippen molar-refractivity contribution in [3.8, 4) is 0 Å². The summed E-state index contributed by atoms with van der Waals surface area (Å²) in [6.45, 7) is 0.206. The summed E-state index contributed by atoms with van der Waals surface area (Å²) >= 11 is 12.6. The molecule has 2 aliphatic heterocycles. The number of hydrogen-bond acceptors (Lipinski definition) is 4. The van der Waals surface area contributed by atoms with Crippen molar-refractivity contribution in [1.29, 1.82) is 0 Å². The molecule has 2 aromatic rings. The number of nitrogens with zero attached hydrogens (tertiary/aromatic N) is 2. The maximum atomic E-state index is 12.1. The molecule has 0 atom stereocenters. The minimum absolute atomic E-state index is 0.0477. The van der Waals surface area contributed by atoms with Crippen molar-refractivity contribution in [2.24, 2.45) is 10.7 Å².